The molecule has 0 aliphatic carbocycles. The van der Waals surface area contributed by atoms with Crippen LogP contribution < -0.4 is 5.32 Å². The Hall–Kier alpha value is -1.56. The summed E-state index contributed by atoms with van der Waals surface area (Å²) < 4.78 is 4.97. The van der Waals surface area contributed by atoms with Crippen molar-refractivity contribution in [1.29, 1.82) is 0 Å². The van der Waals surface area contributed by atoms with Crippen molar-refractivity contribution < 1.29 is 9.32 Å². The molecular weight excluding hydrogens is 373 g/mol. The zero-order valence-electron chi connectivity index (χ0n) is 15.1. The zero-order valence-corrected chi connectivity index (χ0v) is 16.7. The Labute approximate surface area is 165 Å². The first-order valence-electron chi connectivity index (χ1n) is 8.79. The van der Waals surface area contributed by atoms with E-state index in [0.29, 0.717) is 12.8 Å². The fourth-order valence-corrected chi connectivity index (χ4v) is 3.56. The molecule has 1 aromatic heterocycles. The fourth-order valence-electron chi connectivity index (χ4n) is 3.29. The highest BCUT2D eigenvalue weighted by molar-refractivity contribution is 6.29. The van der Waals surface area contributed by atoms with Gasteiger partial charge in [0.25, 0.3) is 0 Å². The number of hydrogen-bond acceptors (Lipinski definition) is 4. The molecule has 1 atom stereocenters. The number of carbonyl (C=O) groups is 1. The van der Waals surface area contributed by atoms with Gasteiger partial charge in [0.1, 0.15) is 0 Å². The predicted octanol–water partition coefficient (Wildman–Crippen LogP) is 3.73. The Morgan fingerprint density at radius 3 is 2.73 bits per heavy atom. The van der Waals surface area contributed by atoms with Crippen molar-refractivity contribution in [1.82, 2.24) is 15.4 Å². The van der Waals surface area contributed by atoms with E-state index in [1.807, 2.05) is 11.8 Å². The molecule has 1 N–H and O–H groups in total. The number of rotatable bonds is 5. The third-order valence-electron chi connectivity index (χ3n) is 4.86. The van der Waals surface area contributed by atoms with Gasteiger partial charge in [0.05, 0.1) is 11.7 Å². The second-order valence-electron chi connectivity index (χ2n) is 6.42. The normalized spacial score (nSPS) is 17.0. The molecule has 2 heterocycles. The smallest absolute Gasteiger partial charge is 0.229 e. The first-order valence-corrected chi connectivity index (χ1v) is 9.17. The summed E-state index contributed by atoms with van der Waals surface area (Å²) >= 11 is 6.00. The molecule has 3 rings (SSSR count). The molecule has 0 bridgehead atoms. The van der Waals surface area contributed by atoms with Gasteiger partial charge in [0.15, 0.2) is 0 Å². The van der Waals surface area contributed by atoms with E-state index in [4.69, 9.17) is 16.1 Å². The van der Waals surface area contributed by atoms with Crippen molar-refractivity contribution in [3.05, 3.63) is 51.9 Å². The Morgan fingerprint density at radius 2 is 2.12 bits per heavy atom. The number of nitrogens with one attached hydrogen (secondary N) is 1. The number of benzene rings is 1. The molecule has 1 unspecified atom stereocenters. The first kappa shape index (κ1) is 20.7. The quantitative estimate of drug-likeness (QED) is 0.834. The van der Waals surface area contributed by atoms with Gasteiger partial charge in [-0.15, -0.1) is 12.4 Å². The highest BCUT2D eigenvalue weighted by Crippen LogP contribution is 2.25. The second kappa shape index (κ2) is 9.40. The minimum atomic E-state index is 0. The summed E-state index contributed by atoms with van der Waals surface area (Å²) in [7, 11) is 0. The molecule has 142 valence electrons. The van der Waals surface area contributed by atoms with Crippen LogP contribution in [-0.4, -0.2) is 35.6 Å². The lowest BCUT2D eigenvalue weighted by Gasteiger charge is -2.36. The fraction of sp³-hybridized carbons (Fsp3) is 0.474. The maximum Gasteiger partial charge on any atom is 0.229 e. The average molecular weight is 398 g/mol. The molecule has 5 nitrogen and oxygen atoms in total. The van der Waals surface area contributed by atoms with Gasteiger partial charge in [-0.25, -0.2) is 0 Å². The van der Waals surface area contributed by atoms with Crippen LogP contribution in [0.3, 0.4) is 0 Å². The van der Waals surface area contributed by atoms with Gasteiger partial charge in [-0.3, -0.25) is 4.79 Å². The van der Waals surface area contributed by atoms with Crippen LogP contribution in [0.5, 0.6) is 0 Å². The number of nitrogens with zero attached hydrogens (tertiary/aromatic N) is 2. The van der Waals surface area contributed by atoms with Crippen LogP contribution in [0.15, 0.2) is 28.8 Å². The SMILES string of the molecule is CCc1ccc(C2CNCCN2C(=O)CCc2c(C)noc2Cl)cc1.Cl. The lowest BCUT2D eigenvalue weighted by Crippen LogP contribution is -2.48. The summed E-state index contributed by atoms with van der Waals surface area (Å²) in [6.45, 7) is 6.31. The van der Waals surface area contributed by atoms with Crippen LogP contribution in [0, 0.1) is 6.92 Å². The van der Waals surface area contributed by atoms with Crippen molar-refractivity contribution in [3.63, 3.8) is 0 Å². The largest absolute Gasteiger partial charge is 0.344 e. The van der Waals surface area contributed by atoms with Gasteiger partial charge in [-0.1, -0.05) is 36.3 Å². The van der Waals surface area contributed by atoms with Gasteiger partial charge in [0.2, 0.25) is 11.1 Å². The average Bonchev–Trinajstić information content (AvgIpc) is 2.97. The number of amides is 1. The van der Waals surface area contributed by atoms with Gasteiger partial charge in [-0.2, -0.15) is 0 Å². The Bertz CT molecular complexity index is 711. The van der Waals surface area contributed by atoms with Crippen molar-refractivity contribution in [2.75, 3.05) is 19.6 Å². The molecule has 1 saturated heterocycles. The van der Waals surface area contributed by atoms with Gasteiger partial charge < -0.3 is 14.7 Å². The molecule has 1 fully saturated rings. The highest BCUT2D eigenvalue weighted by Gasteiger charge is 2.28. The minimum absolute atomic E-state index is 0. The third kappa shape index (κ3) is 4.58. The molecule has 0 spiro atoms. The molecule has 1 aliphatic rings. The molecule has 1 aromatic carbocycles. The highest BCUT2D eigenvalue weighted by atomic mass is 35.5. The van der Waals surface area contributed by atoms with E-state index in [1.54, 1.807) is 0 Å². The van der Waals surface area contributed by atoms with E-state index in [1.165, 1.54) is 11.1 Å². The van der Waals surface area contributed by atoms with E-state index < -0.39 is 0 Å². The molecule has 0 saturated carbocycles. The standard InChI is InChI=1S/C19H24ClN3O2.ClH/c1-3-14-4-6-15(7-5-14)17-12-21-10-11-23(17)18(24)9-8-16-13(2)22-25-19(16)20;/h4-7,17,21H,3,8-12H2,1-2H3;1H. The van der Waals surface area contributed by atoms with Crippen molar-refractivity contribution in [2.45, 2.75) is 39.2 Å². The summed E-state index contributed by atoms with van der Waals surface area (Å²) in [6, 6.07) is 8.64. The number of halogens is 2. The van der Waals surface area contributed by atoms with Crippen molar-refractivity contribution in [3.8, 4) is 0 Å². The van der Waals surface area contributed by atoms with E-state index in [2.05, 4.69) is 41.7 Å². The van der Waals surface area contributed by atoms with Crippen LogP contribution in [0.4, 0.5) is 0 Å². The molecule has 7 heteroatoms. The predicted molar refractivity (Wildman–Crippen MR) is 105 cm³/mol. The maximum atomic E-state index is 12.8. The summed E-state index contributed by atoms with van der Waals surface area (Å²) in [5.74, 6) is 0.141. The van der Waals surface area contributed by atoms with Crippen LogP contribution >= 0.6 is 24.0 Å². The lowest BCUT2D eigenvalue weighted by atomic mass is 10.00. The van der Waals surface area contributed by atoms with E-state index in [0.717, 1.165) is 37.3 Å². The summed E-state index contributed by atoms with van der Waals surface area (Å²) in [5.41, 5.74) is 4.07. The van der Waals surface area contributed by atoms with Crippen LogP contribution in [0.2, 0.25) is 5.22 Å². The van der Waals surface area contributed by atoms with Crippen LogP contribution in [-0.2, 0) is 17.6 Å². The van der Waals surface area contributed by atoms with Crippen LogP contribution in [0.25, 0.3) is 0 Å². The molecule has 1 aliphatic heterocycles. The molecule has 0 radical (unpaired) electrons. The Kier molecular flexibility index (Phi) is 7.50. The zero-order chi connectivity index (χ0) is 17.8. The van der Waals surface area contributed by atoms with Gasteiger partial charge in [0, 0.05) is 31.6 Å². The molecule has 2 aromatic rings. The van der Waals surface area contributed by atoms with E-state index in [9.17, 15) is 4.79 Å². The van der Waals surface area contributed by atoms with Gasteiger partial charge >= 0.3 is 0 Å². The van der Waals surface area contributed by atoms with Gasteiger partial charge in [-0.05, 0) is 42.5 Å². The molecule has 26 heavy (non-hydrogen) atoms. The number of carbonyl (C=O) groups excluding carboxylic acids is 1. The topological polar surface area (TPSA) is 58.4 Å². The Morgan fingerprint density at radius 1 is 1.38 bits per heavy atom. The number of hydrogen-bond donors (Lipinski definition) is 1. The minimum Gasteiger partial charge on any atom is -0.344 e. The Balaban J connectivity index is 0.00000243. The number of piperazine rings is 1. The summed E-state index contributed by atoms with van der Waals surface area (Å²) in [4.78, 5) is 14.8. The number of aryl methyl sites for hydroxylation is 2. The molecule has 1 amide bonds. The molecular formula is C19H25Cl2N3O2. The van der Waals surface area contributed by atoms with Crippen molar-refractivity contribution >= 4 is 29.9 Å². The van der Waals surface area contributed by atoms with E-state index in [-0.39, 0.29) is 29.6 Å². The monoisotopic (exact) mass is 397 g/mol. The van der Waals surface area contributed by atoms with Crippen LogP contribution in [0.1, 0.15) is 41.8 Å². The summed E-state index contributed by atoms with van der Waals surface area (Å²) in [5, 5.41) is 7.53. The maximum absolute atomic E-state index is 12.8. The lowest BCUT2D eigenvalue weighted by molar-refractivity contribution is -0.134. The number of aromatic nitrogens is 1. The van der Waals surface area contributed by atoms with E-state index >= 15 is 0 Å². The van der Waals surface area contributed by atoms with Crippen molar-refractivity contribution in [2.24, 2.45) is 0 Å². The third-order valence-corrected chi connectivity index (χ3v) is 5.16. The second-order valence-corrected chi connectivity index (χ2v) is 6.77. The summed E-state index contributed by atoms with van der Waals surface area (Å²) in [6.07, 6.45) is 1.98. The first-order chi connectivity index (χ1) is 12.1.